The number of amides is 1. The molecule has 0 bridgehead atoms. The van der Waals surface area contributed by atoms with Crippen LogP contribution >= 0.6 is 0 Å². The number of carbonyl (C=O) groups is 1. The van der Waals surface area contributed by atoms with Gasteiger partial charge in [-0.05, 0) is 13.0 Å². The van der Waals surface area contributed by atoms with Crippen molar-refractivity contribution in [3.63, 3.8) is 0 Å². The summed E-state index contributed by atoms with van der Waals surface area (Å²) in [5, 5.41) is 3.84. The highest BCUT2D eigenvalue weighted by Crippen LogP contribution is 2.49. The monoisotopic (exact) mass is 302 g/mol. The van der Waals surface area contributed by atoms with Crippen molar-refractivity contribution in [1.29, 1.82) is 0 Å². The van der Waals surface area contributed by atoms with Crippen LogP contribution in [0.25, 0.3) is 0 Å². The topological polar surface area (TPSA) is 98.5 Å². The van der Waals surface area contributed by atoms with Crippen LogP contribution in [0.15, 0.2) is 11.5 Å². The Kier molecular flexibility index (Phi) is 3.73. The maximum atomic E-state index is 12.4. The van der Waals surface area contributed by atoms with Crippen LogP contribution in [0.3, 0.4) is 0 Å². The molecule has 7 heteroatoms. The first-order chi connectivity index (χ1) is 9.12. The molecule has 3 N–H and O–H groups in total. The summed E-state index contributed by atoms with van der Waals surface area (Å²) in [7, 11) is -3.18. The fraction of sp³-hybridized carbons (Fsp3) is 0.769. The molecular formula is C13H22N2O4S. The standard InChI is InChI=1S/C13H22N2O4S/c1-4-19-10-7-13(14,12(10,2)3)11(16)15-9-5-6-20(17,18)8-9/h5-6,9-10H,4,7-8,14H2,1-3H3,(H,15,16). The molecule has 3 unspecified atom stereocenters. The van der Waals surface area contributed by atoms with Gasteiger partial charge >= 0.3 is 0 Å². The quantitative estimate of drug-likeness (QED) is 0.758. The van der Waals surface area contributed by atoms with Gasteiger partial charge in [-0.25, -0.2) is 8.42 Å². The van der Waals surface area contributed by atoms with E-state index in [4.69, 9.17) is 10.5 Å². The minimum Gasteiger partial charge on any atom is -0.378 e. The lowest BCUT2D eigenvalue weighted by molar-refractivity contribution is -0.170. The normalized spacial score (nSPS) is 37.4. The van der Waals surface area contributed by atoms with Gasteiger partial charge in [0.15, 0.2) is 9.84 Å². The number of nitrogens with two attached hydrogens (primary N) is 1. The predicted octanol–water partition coefficient (Wildman–Crippen LogP) is -0.0542. The second-order valence-electron chi connectivity index (χ2n) is 6.08. The first kappa shape index (κ1) is 15.5. The van der Waals surface area contributed by atoms with Crippen molar-refractivity contribution >= 4 is 15.7 Å². The number of carbonyl (C=O) groups excluding carboxylic acids is 1. The average molecular weight is 302 g/mol. The Bertz CT molecular complexity index is 541. The lowest BCUT2D eigenvalue weighted by Gasteiger charge is -2.57. The molecule has 0 radical (unpaired) electrons. The van der Waals surface area contributed by atoms with Gasteiger partial charge in [0.05, 0.1) is 17.9 Å². The zero-order chi connectivity index (χ0) is 15.2. The molecule has 1 fully saturated rings. The molecule has 0 saturated heterocycles. The van der Waals surface area contributed by atoms with E-state index in [1.807, 2.05) is 20.8 Å². The Labute approximate surface area is 119 Å². The summed E-state index contributed by atoms with van der Waals surface area (Å²) in [4.78, 5) is 12.4. The smallest absolute Gasteiger partial charge is 0.241 e. The van der Waals surface area contributed by atoms with E-state index in [1.165, 1.54) is 6.08 Å². The van der Waals surface area contributed by atoms with Gasteiger partial charge in [0.2, 0.25) is 5.91 Å². The third-order valence-electron chi connectivity index (χ3n) is 4.48. The minimum atomic E-state index is -3.18. The zero-order valence-corrected chi connectivity index (χ0v) is 12.9. The summed E-state index contributed by atoms with van der Waals surface area (Å²) in [5.74, 6) is -0.408. The number of rotatable bonds is 4. The molecule has 1 heterocycles. The fourth-order valence-electron chi connectivity index (χ4n) is 2.78. The number of sulfone groups is 1. The Morgan fingerprint density at radius 1 is 1.50 bits per heavy atom. The number of ether oxygens (including phenoxy) is 1. The predicted molar refractivity (Wildman–Crippen MR) is 75.6 cm³/mol. The van der Waals surface area contributed by atoms with E-state index in [9.17, 15) is 13.2 Å². The van der Waals surface area contributed by atoms with Gasteiger partial charge in [-0.3, -0.25) is 4.79 Å². The molecule has 0 aromatic heterocycles. The summed E-state index contributed by atoms with van der Waals surface area (Å²) >= 11 is 0. The first-order valence-corrected chi connectivity index (χ1v) is 8.46. The highest BCUT2D eigenvalue weighted by molar-refractivity contribution is 7.94. The Hall–Kier alpha value is -0.920. The van der Waals surface area contributed by atoms with Crippen LogP contribution in [-0.2, 0) is 19.4 Å². The molecule has 0 aromatic rings. The van der Waals surface area contributed by atoms with E-state index in [0.29, 0.717) is 13.0 Å². The Morgan fingerprint density at radius 2 is 2.15 bits per heavy atom. The first-order valence-electron chi connectivity index (χ1n) is 6.75. The van der Waals surface area contributed by atoms with Crippen LogP contribution in [0.5, 0.6) is 0 Å². The summed E-state index contributed by atoms with van der Waals surface area (Å²) in [6.07, 6.45) is 1.89. The third-order valence-corrected chi connectivity index (χ3v) is 5.88. The van der Waals surface area contributed by atoms with Crippen LogP contribution in [0, 0.1) is 5.41 Å². The molecule has 2 aliphatic rings. The van der Waals surface area contributed by atoms with E-state index in [2.05, 4.69) is 5.32 Å². The molecule has 1 amide bonds. The SMILES string of the molecule is CCOC1CC(N)(C(=O)NC2C=CS(=O)(=O)C2)C1(C)C. The van der Waals surface area contributed by atoms with E-state index >= 15 is 0 Å². The molecular weight excluding hydrogens is 280 g/mol. The maximum Gasteiger partial charge on any atom is 0.241 e. The minimum absolute atomic E-state index is 0.0499. The van der Waals surface area contributed by atoms with Gasteiger partial charge in [0.25, 0.3) is 0 Å². The lowest BCUT2D eigenvalue weighted by Crippen LogP contribution is -2.76. The maximum absolute atomic E-state index is 12.4. The molecule has 3 atom stereocenters. The second-order valence-corrected chi connectivity index (χ2v) is 8.01. The molecule has 114 valence electrons. The molecule has 1 aliphatic heterocycles. The van der Waals surface area contributed by atoms with Gasteiger partial charge in [0.1, 0.15) is 5.54 Å². The van der Waals surface area contributed by atoms with Crippen molar-refractivity contribution < 1.29 is 17.9 Å². The number of nitrogens with one attached hydrogen (secondary N) is 1. The van der Waals surface area contributed by atoms with Gasteiger partial charge in [-0.1, -0.05) is 13.8 Å². The van der Waals surface area contributed by atoms with E-state index in [1.54, 1.807) is 0 Å². The molecule has 0 spiro atoms. The van der Waals surface area contributed by atoms with Crippen molar-refractivity contribution in [3.05, 3.63) is 11.5 Å². The summed E-state index contributed by atoms with van der Waals surface area (Å²) in [5.41, 5.74) is 4.73. The van der Waals surface area contributed by atoms with E-state index in [0.717, 1.165) is 5.41 Å². The Morgan fingerprint density at radius 3 is 2.60 bits per heavy atom. The number of hydrogen-bond acceptors (Lipinski definition) is 5. The third kappa shape index (κ3) is 2.38. The molecule has 2 rings (SSSR count). The second kappa shape index (κ2) is 4.82. The fourth-order valence-corrected chi connectivity index (χ4v) is 4.02. The van der Waals surface area contributed by atoms with Gasteiger partial charge in [-0.2, -0.15) is 0 Å². The molecule has 0 aromatic carbocycles. The van der Waals surface area contributed by atoms with Crippen molar-refractivity contribution in [1.82, 2.24) is 5.32 Å². The van der Waals surface area contributed by atoms with Crippen LogP contribution < -0.4 is 11.1 Å². The van der Waals surface area contributed by atoms with Gasteiger partial charge < -0.3 is 15.8 Å². The van der Waals surface area contributed by atoms with Crippen molar-refractivity contribution in [2.45, 2.75) is 44.9 Å². The zero-order valence-electron chi connectivity index (χ0n) is 12.0. The summed E-state index contributed by atoms with van der Waals surface area (Å²) in [6.45, 7) is 6.28. The number of hydrogen-bond donors (Lipinski definition) is 2. The summed E-state index contributed by atoms with van der Waals surface area (Å²) < 4.78 is 28.2. The van der Waals surface area contributed by atoms with Crippen LogP contribution in [0.2, 0.25) is 0 Å². The summed E-state index contributed by atoms with van der Waals surface area (Å²) in [6, 6.07) is -0.491. The molecule has 1 aliphatic carbocycles. The van der Waals surface area contributed by atoms with Crippen LogP contribution in [-0.4, -0.2) is 44.4 Å². The van der Waals surface area contributed by atoms with Crippen LogP contribution in [0.1, 0.15) is 27.2 Å². The molecule has 6 nitrogen and oxygen atoms in total. The van der Waals surface area contributed by atoms with Crippen molar-refractivity contribution in [2.24, 2.45) is 11.1 Å². The van der Waals surface area contributed by atoms with E-state index < -0.39 is 26.8 Å². The van der Waals surface area contributed by atoms with Crippen LogP contribution in [0.4, 0.5) is 0 Å². The average Bonchev–Trinajstić information content (AvgIpc) is 2.68. The highest BCUT2D eigenvalue weighted by atomic mass is 32.2. The van der Waals surface area contributed by atoms with Gasteiger partial charge in [-0.15, -0.1) is 0 Å². The largest absolute Gasteiger partial charge is 0.378 e. The van der Waals surface area contributed by atoms with Gasteiger partial charge in [0, 0.05) is 23.9 Å². The highest BCUT2D eigenvalue weighted by Gasteiger charge is 2.63. The lowest BCUT2D eigenvalue weighted by atomic mass is 9.54. The van der Waals surface area contributed by atoms with Crippen molar-refractivity contribution in [2.75, 3.05) is 12.4 Å². The van der Waals surface area contributed by atoms with E-state index in [-0.39, 0.29) is 17.8 Å². The Balaban J connectivity index is 2.02. The molecule has 20 heavy (non-hydrogen) atoms. The molecule has 1 saturated carbocycles. The van der Waals surface area contributed by atoms with Crippen molar-refractivity contribution in [3.8, 4) is 0 Å².